The maximum atomic E-state index is 11.3. The fourth-order valence-electron chi connectivity index (χ4n) is 1.51. The molecule has 5 nitrogen and oxygen atoms in total. The van der Waals surface area contributed by atoms with E-state index in [1.807, 2.05) is 30.1 Å². The van der Waals surface area contributed by atoms with Crippen LogP contribution < -0.4 is 0 Å². The van der Waals surface area contributed by atoms with Gasteiger partial charge in [0.1, 0.15) is 5.69 Å². The predicted molar refractivity (Wildman–Crippen MR) is 54.5 cm³/mol. The monoisotopic (exact) mass is 204 g/mol. The highest BCUT2D eigenvalue weighted by Gasteiger charge is 2.07. The summed E-state index contributed by atoms with van der Waals surface area (Å²) in [6.07, 6.45) is 3.70. The standard InChI is InChI=1S/C10H12N4O/c1-8(15)10-4-3-5-14(10)7-9-6-13(2)12-11-9/h3-6H,7H2,1-2H3. The molecule has 2 rings (SSSR count). The zero-order chi connectivity index (χ0) is 10.8. The second kappa shape index (κ2) is 3.68. The van der Waals surface area contributed by atoms with Crippen LogP contribution in [-0.4, -0.2) is 25.3 Å². The Hall–Kier alpha value is -1.91. The third-order valence-electron chi connectivity index (χ3n) is 2.17. The van der Waals surface area contributed by atoms with E-state index in [-0.39, 0.29) is 5.78 Å². The summed E-state index contributed by atoms with van der Waals surface area (Å²) in [5.74, 6) is 0.0592. The lowest BCUT2D eigenvalue weighted by atomic mass is 10.3. The average molecular weight is 204 g/mol. The Kier molecular flexibility index (Phi) is 2.37. The molecular weight excluding hydrogens is 192 g/mol. The molecule has 5 heteroatoms. The first kappa shape index (κ1) is 9.64. The van der Waals surface area contributed by atoms with Crippen LogP contribution in [0.15, 0.2) is 24.5 Å². The van der Waals surface area contributed by atoms with Crippen molar-refractivity contribution in [3.05, 3.63) is 35.9 Å². The summed E-state index contributed by atoms with van der Waals surface area (Å²) in [6.45, 7) is 2.14. The van der Waals surface area contributed by atoms with E-state index < -0.39 is 0 Å². The fourth-order valence-corrected chi connectivity index (χ4v) is 1.51. The lowest BCUT2D eigenvalue weighted by Crippen LogP contribution is -2.06. The number of carbonyl (C=O) groups excluding carboxylic acids is 1. The van der Waals surface area contributed by atoms with Crippen molar-refractivity contribution >= 4 is 5.78 Å². The van der Waals surface area contributed by atoms with Crippen LogP contribution >= 0.6 is 0 Å². The summed E-state index contributed by atoms with van der Waals surface area (Å²) >= 11 is 0. The molecule has 0 aliphatic carbocycles. The summed E-state index contributed by atoms with van der Waals surface area (Å²) in [7, 11) is 1.82. The molecule has 0 aliphatic rings. The number of aryl methyl sites for hydroxylation is 1. The Bertz CT molecular complexity index is 483. The molecular formula is C10H12N4O. The molecule has 0 aromatic carbocycles. The van der Waals surface area contributed by atoms with Gasteiger partial charge in [-0.25, -0.2) is 0 Å². The van der Waals surface area contributed by atoms with E-state index in [1.54, 1.807) is 17.7 Å². The van der Waals surface area contributed by atoms with Crippen molar-refractivity contribution in [2.75, 3.05) is 0 Å². The van der Waals surface area contributed by atoms with E-state index in [2.05, 4.69) is 10.3 Å². The first-order chi connectivity index (χ1) is 7.16. The summed E-state index contributed by atoms with van der Waals surface area (Å²) in [5, 5.41) is 7.81. The van der Waals surface area contributed by atoms with Gasteiger partial charge in [0.2, 0.25) is 0 Å². The smallest absolute Gasteiger partial charge is 0.176 e. The normalized spacial score (nSPS) is 10.5. The van der Waals surface area contributed by atoms with Crippen LogP contribution in [-0.2, 0) is 13.6 Å². The number of hydrogen-bond donors (Lipinski definition) is 0. The predicted octanol–water partition coefficient (Wildman–Crippen LogP) is 0.867. The van der Waals surface area contributed by atoms with E-state index >= 15 is 0 Å². The summed E-state index contributed by atoms with van der Waals surface area (Å²) in [4.78, 5) is 11.3. The van der Waals surface area contributed by atoms with Crippen LogP contribution in [0.5, 0.6) is 0 Å². The molecule has 2 heterocycles. The highest BCUT2D eigenvalue weighted by Crippen LogP contribution is 2.06. The van der Waals surface area contributed by atoms with Crippen molar-refractivity contribution in [3.8, 4) is 0 Å². The van der Waals surface area contributed by atoms with Gasteiger partial charge in [-0.1, -0.05) is 5.21 Å². The van der Waals surface area contributed by atoms with Gasteiger partial charge in [-0.05, 0) is 12.1 Å². The van der Waals surface area contributed by atoms with E-state index in [9.17, 15) is 4.79 Å². The third kappa shape index (κ3) is 1.96. The number of hydrogen-bond acceptors (Lipinski definition) is 3. The van der Waals surface area contributed by atoms with Gasteiger partial charge in [0.05, 0.1) is 12.2 Å². The van der Waals surface area contributed by atoms with Crippen molar-refractivity contribution in [3.63, 3.8) is 0 Å². The van der Waals surface area contributed by atoms with Crippen molar-refractivity contribution in [1.82, 2.24) is 19.6 Å². The first-order valence-electron chi connectivity index (χ1n) is 4.68. The second-order valence-corrected chi connectivity index (χ2v) is 3.46. The van der Waals surface area contributed by atoms with Crippen molar-refractivity contribution in [2.24, 2.45) is 7.05 Å². The third-order valence-corrected chi connectivity index (χ3v) is 2.17. The number of carbonyl (C=O) groups is 1. The molecule has 0 spiro atoms. The number of aromatic nitrogens is 4. The Morgan fingerprint density at radius 1 is 1.53 bits per heavy atom. The fraction of sp³-hybridized carbons (Fsp3) is 0.300. The number of nitrogens with zero attached hydrogens (tertiary/aromatic N) is 4. The minimum atomic E-state index is 0.0592. The number of ketones is 1. The Morgan fingerprint density at radius 3 is 2.93 bits per heavy atom. The highest BCUT2D eigenvalue weighted by atomic mass is 16.1. The highest BCUT2D eigenvalue weighted by molar-refractivity contribution is 5.92. The molecule has 15 heavy (non-hydrogen) atoms. The molecule has 2 aromatic heterocycles. The maximum absolute atomic E-state index is 11.3. The first-order valence-corrected chi connectivity index (χ1v) is 4.68. The molecule has 0 saturated carbocycles. The van der Waals surface area contributed by atoms with E-state index in [1.165, 1.54) is 0 Å². The van der Waals surface area contributed by atoms with Crippen molar-refractivity contribution < 1.29 is 4.79 Å². The maximum Gasteiger partial charge on any atom is 0.176 e. The molecule has 0 amide bonds. The minimum Gasteiger partial charge on any atom is -0.339 e. The van der Waals surface area contributed by atoms with Gasteiger partial charge in [0.25, 0.3) is 0 Å². The van der Waals surface area contributed by atoms with Crippen LogP contribution in [0.25, 0.3) is 0 Å². The molecule has 0 aliphatic heterocycles. The molecule has 0 bridgehead atoms. The molecule has 0 N–H and O–H groups in total. The van der Waals surface area contributed by atoms with Crippen LogP contribution in [0.2, 0.25) is 0 Å². The Morgan fingerprint density at radius 2 is 2.33 bits per heavy atom. The molecule has 0 atom stereocenters. The number of Topliss-reactive ketones (excluding diaryl/α,β-unsaturated/α-hetero) is 1. The van der Waals surface area contributed by atoms with Gasteiger partial charge < -0.3 is 4.57 Å². The largest absolute Gasteiger partial charge is 0.339 e. The van der Waals surface area contributed by atoms with Crippen molar-refractivity contribution in [2.45, 2.75) is 13.5 Å². The van der Waals surface area contributed by atoms with Gasteiger partial charge in [0.15, 0.2) is 5.78 Å². The van der Waals surface area contributed by atoms with Crippen LogP contribution in [0.3, 0.4) is 0 Å². The summed E-state index contributed by atoms with van der Waals surface area (Å²) < 4.78 is 3.51. The second-order valence-electron chi connectivity index (χ2n) is 3.46. The Labute approximate surface area is 87.3 Å². The molecule has 0 fully saturated rings. The summed E-state index contributed by atoms with van der Waals surface area (Å²) in [5.41, 5.74) is 1.54. The van der Waals surface area contributed by atoms with Crippen LogP contribution in [0, 0.1) is 0 Å². The average Bonchev–Trinajstić information content (AvgIpc) is 2.75. The topological polar surface area (TPSA) is 52.7 Å². The van der Waals surface area contributed by atoms with Gasteiger partial charge in [-0.2, -0.15) is 0 Å². The molecule has 0 saturated heterocycles. The van der Waals surface area contributed by atoms with E-state index in [0.717, 1.165) is 5.69 Å². The van der Waals surface area contributed by atoms with Crippen LogP contribution in [0.1, 0.15) is 23.1 Å². The molecule has 0 radical (unpaired) electrons. The van der Waals surface area contributed by atoms with E-state index in [0.29, 0.717) is 12.2 Å². The Balaban J connectivity index is 2.24. The molecule has 0 unspecified atom stereocenters. The minimum absolute atomic E-state index is 0.0592. The van der Waals surface area contributed by atoms with Crippen molar-refractivity contribution in [1.29, 1.82) is 0 Å². The zero-order valence-electron chi connectivity index (χ0n) is 8.71. The SMILES string of the molecule is CC(=O)c1cccn1Cc1cn(C)nn1. The van der Waals surface area contributed by atoms with Gasteiger partial charge >= 0.3 is 0 Å². The molecule has 78 valence electrons. The van der Waals surface area contributed by atoms with Gasteiger partial charge in [-0.3, -0.25) is 9.48 Å². The number of rotatable bonds is 3. The quantitative estimate of drug-likeness (QED) is 0.697. The van der Waals surface area contributed by atoms with Crippen LogP contribution in [0.4, 0.5) is 0 Å². The summed E-state index contributed by atoms with van der Waals surface area (Å²) in [6, 6.07) is 3.66. The van der Waals surface area contributed by atoms with Gasteiger partial charge in [-0.15, -0.1) is 5.10 Å². The lowest BCUT2D eigenvalue weighted by molar-refractivity contribution is 0.100. The van der Waals surface area contributed by atoms with E-state index in [4.69, 9.17) is 0 Å². The molecule has 2 aromatic rings. The lowest BCUT2D eigenvalue weighted by Gasteiger charge is -2.03. The zero-order valence-corrected chi connectivity index (χ0v) is 8.71. The van der Waals surface area contributed by atoms with Gasteiger partial charge in [0, 0.05) is 26.4 Å².